The fourth-order valence-electron chi connectivity index (χ4n) is 1.33. The van der Waals surface area contributed by atoms with Crippen LogP contribution in [0.2, 0.25) is 5.15 Å². The van der Waals surface area contributed by atoms with Crippen molar-refractivity contribution in [1.82, 2.24) is 9.78 Å². The molecule has 0 radical (unpaired) electrons. The zero-order valence-corrected chi connectivity index (χ0v) is 9.31. The van der Waals surface area contributed by atoms with Crippen LogP contribution in [-0.2, 0) is 4.74 Å². The number of para-hydroxylation sites is 1. The Bertz CT molecular complexity index is 508. The molecule has 0 aliphatic heterocycles. The Morgan fingerprint density at radius 2 is 2.06 bits per heavy atom. The maximum absolute atomic E-state index is 11.3. The molecule has 0 aliphatic rings. The Kier molecular flexibility index (Phi) is 2.92. The van der Waals surface area contributed by atoms with Gasteiger partial charge in [0.1, 0.15) is 10.7 Å². The second kappa shape index (κ2) is 4.37. The van der Waals surface area contributed by atoms with Crippen LogP contribution >= 0.6 is 11.6 Å². The van der Waals surface area contributed by atoms with Crippen LogP contribution < -0.4 is 0 Å². The van der Waals surface area contributed by atoms with E-state index >= 15 is 0 Å². The van der Waals surface area contributed by atoms with Gasteiger partial charge in [-0.05, 0) is 12.1 Å². The van der Waals surface area contributed by atoms with Gasteiger partial charge in [-0.15, -0.1) is 0 Å². The average molecular weight is 237 g/mol. The molecule has 0 spiro atoms. The molecular weight excluding hydrogens is 228 g/mol. The van der Waals surface area contributed by atoms with Crippen molar-refractivity contribution in [2.45, 2.75) is 0 Å². The van der Waals surface area contributed by atoms with Crippen molar-refractivity contribution < 1.29 is 9.53 Å². The Balaban J connectivity index is 2.45. The minimum Gasteiger partial charge on any atom is -0.465 e. The van der Waals surface area contributed by atoms with Gasteiger partial charge in [-0.1, -0.05) is 29.8 Å². The number of ether oxygens (including phenoxy) is 1. The molecule has 0 bridgehead atoms. The molecule has 0 N–H and O–H groups in total. The van der Waals surface area contributed by atoms with Crippen molar-refractivity contribution in [1.29, 1.82) is 0 Å². The number of nitrogens with zero attached hydrogens (tertiary/aromatic N) is 2. The highest BCUT2D eigenvalue weighted by molar-refractivity contribution is 6.32. The molecule has 82 valence electrons. The van der Waals surface area contributed by atoms with Gasteiger partial charge in [-0.3, -0.25) is 0 Å². The molecule has 0 aliphatic carbocycles. The van der Waals surface area contributed by atoms with E-state index in [4.69, 9.17) is 11.6 Å². The SMILES string of the molecule is COC(=O)c1cnn(-c2ccccc2)c1Cl. The lowest BCUT2D eigenvalue weighted by molar-refractivity contribution is 0.0601. The van der Waals surface area contributed by atoms with Crippen molar-refractivity contribution in [2.75, 3.05) is 7.11 Å². The number of carbonyl (C=O) groups is 1. The zero-order chi connectivity index (χ0) is 11.5. The van der Waals surface area contributed by atoms with Gasteiger partial charge in [0.15, 0.2) is 0 Å². The number of carbonyl (C=O) groups excluding carboxylic acids is 1. The van der Waals surface area contributed by atoms with Gasteiger partial charge in [-0.25, -0.2) is 9.48 Å². The third-order valence-corrected chi connectivity index (χ3v) is 2.48. The van der Waals surface area contributed by atoms with Gasteiger partial charge < -0.3 is 4.74 Å². The third-order valence-electron chi connectivity index (χ3n) is 2.12. The van der Waals surface area contributed by atoms with Crippen LogP contribution in [0.3, 0.4) is 0 Å². The molecule has 0 atom stereocenters. The topological polar surface area (TPSA) is 44.1 Å². The molecule has 0 unspecified atom stereocenters. The highest BCUT2D eigenvalue weighted by Gasteiger charge is 2.16. The van der Waals surface area contributed by atoms with Crippen LogP contribution in [0.25, 0.3) is 5.69 Å². The summed E-state index contributed by atoms with van der Waals surface area (Å²) in [7, 11) is 1.30. The normalized spacial score (nSPS) is 10.1. The lowest BCUT2D eigenvalue weighted by Crippen LogP contribution is -2.01. The van der Waals surface area contributed by atoms with E-state index in [2.05, 4.69) is 9.84 Å². The molecule has 1 heterocycles. The summed E-state index contributed by atoms with van der Waals surface area (Å²) in [6.45, 7) is 0. The van der Waals surface area contributed by atoms with Crippen LogP contribution in [0.5, 0.6) is 0 Å². The standard InChI is InChI=1S/C11H9ClN2O2/c1-16-11(15)9-7-13-14(10(9)12)8-5-3-2-4-6-8/h2-7H,1H3. The van der Waals surface area contributed by atoms with Crippen molar-refractivity contribution in [2.24, 2.45) is 0 Å². The molecule has 0 saturated heterocycles. The van der Waals surface area contributed by atoms with Gasteiger partial charge in [0, 0.05) is 0 Å². The minimum absolute atomic E-state index is 0.248. The molecule has 16 heavy (non-hydrogen) atoms. The molecule has 1 aromatic carbocycles. The summed E-state index contributed by atoms with van der Waals surface area (Å²) in [5.41, 5.74) is 1.05. The van der Waals surface area contributed by atoms with Gasteiger partial charge in [0.2, 0.25) is 0 Å². The van der Waals surface area contributed by atoms with E-state index in [1.165, 1.54) is 18.0 Å². The number of benzene rings is 1. The quantitative estimate of drug-likeness (QED) is 0.752. The summed E-state index contributed by atoms with van der Waals surface area (Å²) in [6.07, 6.45) is 1.39. The summed E-state index contributed by atoms with van der Waals surface area (Å²) in [5.74, 6) is -0.493. The number of methoxy groups -OCH3 is 1. The van der Waals surface area contributed by atoms with E-state index in [1.807, 2.05) is 30.3 Å². The number of hydrogen-bond donors (Lipinski definition) is 0. The van der Waals surface area contributed by atoms with Gasteiger partial charge in [-0.2, -0.15) is 5.10 Å². The van der Waals surface area contributed by atoms with E-state index in [0.717, 1.165) is 5.69 Å². The smallest absolute Gasteiger partial charge is 0.342 e. The number of hydrogen-bond acceptors (Lipinski definition) is 3. The van der Waals surface area contributed by atoms with E-state index in [0.29, 0.717) is 0 Å². The fraction of sp³-hybridized carbons (Fsp3) is 0.0909. The summed E-state index contributed by atoms with van der Waals surface area (Å²) >= 11 is 6.03. The van der Waals surface area contributed by atoms with E-state index in [9.17, 15) is 4.79 Å². The molecule has 0 fully saturated rings. The van der Waals surface area contributed by atoms with Gasteiger partial charge >= 0.3 is 5.97 Å². The molecule has 0 saturated carbocycles. The fourth-order valence-corrected chi connectivity index (χ4v) is 1.60. The first-order chi connectivity index (χ1) is 7.74. The summed E-state index contributed by atoms with van der Waals surface area (Å²) in [4.78, 5) is 11.3. The summed E-state index contributed by atoms with van der Waals surface area (Å²) < 4.78 is 6.07. The van der Waals surface area contributed by atoms with Crippen LogP contribution in [0.15, 0.2) is 36.5 Å². The molecule has 5 heteroatoms. The lowest BCUT2D eigenvalue weighted by Gasteiger charge is -2.02. The van der Waals surface area contributed by atoms with Crippen LogP contribution in [0, 0.1) is 0 Å². The Hall–Kier alpha value is -1.81. The molecule has 1 aromatic heterocycles. The monoisotopic (exact) mass is 236 g/mol. The first-order valence-electron chi connectivity index (χ1n) is 4.61. The molecular formula is C11H9ClN2O2. The van der Waals surface area contributed by atoms with Crippen LogP contribution in [-0.4, -0.2) is 22.9 Å². The molecule has 0 amide bonds. The van der Waals surface area contributed by atoms with Crippen LogP contribution in [0.1, 0.15) is 10.4 Å². The van der Waals surface area contributed by atoms with E-state index in [-0.39, 0.29) is 10.7 Å². The highest BCUT2D eigenvalue weighted by Crippen LogP contribution is 2.20. The molecule has 2 aromatic rings. The molecule has 2 rings (SSSR count). The van der Waals surface area contributed by atoms with Crippen molar-refractivity contribution >= 4 is 17.6 Å². The first-order valence-corrected chi connectivity index (χ1v) is 4.99. The highest BCUT2D eigenvalue weighted by atomic mass is 35.5. The second-order valence-corrected chi connectivity index (χ2v) is 3.45. The summed E-state index contributed by atoms with van der Waals surface area (Å²) in [6, 6.07) is 9.32. The van der Waals surface area contributed by atoms with Gasteiger partial charge in [0.25, 0.3) is 0 Å². The summed E-state index contributed by atoms with van der Waals surface area (Å²) in [5, 5.41) is 4.29. The lowest BCUT2D eigenvalue weighted by atomic mass is 10.3. The predicted molar refractivity (Wildman–Crippen MR) is 59.9 cm³/mol. The maximum atomic E-state index is 11.3. The predicted octanol–water partition coefficient (Wildman–Crippen LogP) is 2.31. The third kappa shape index (κ3) is 1.79. The number of rotatable bonds is 2. The number of halogens is 1. The molecule has 4 nitrogen and oxygen atoms in total. The average Bonchev–Trinajstić information content (AvgIpc) is 2.71. The second-order valence-electron chi connectivity index (χ2n) is 3.09. The first kappa shape index (κ1) is 10.7. The Morgan fingerprint density at radius 3 is 2.69 bits per heavy atom. The zero-order valence-electron chi connectivity index (χ0n) is 8.55. The largest absolute Gasteiger partial charge is 0.465 e. The number of aromatic nitrogens is 2. The maximum Gasteiger partial charge on any atom is 0.342 e. The van der Waals surface area contributed by atoms with E-state index < -0.39 is 5.97 Å². The van der Waals surface area contributed by atoms with Gasteiger partial charge in [0.05, 0.1) is 19.0 Å². The Morgan fingerprint density at radius 1 is 1.38 bits per heavy atom. The minimum atomic E-state index is -0.493. The van der Waals surface area contributed by atoms with Crippen molar-refractivity contribution in [3.8, 4) is 5.69 Å². The Labute approximate surface area is 97.4 Å². The van der Waals surface area contributed by atoms with Crippen LogP contribution in [0.4, 0.5) is 0 Å². The van der Waals surface area contributed by atoms with Crippen molar-refractivity contribution in [3.05, 3.63) is 47.2 Å². The van der Waals surface area contributed by atoms with E-state index in [1.54, 1.807) is 0 Å². The number of esters is 1. The van der Waals surface area contributed by atoms with Crippen molar-refractivity contribution in [3.63, 3.8) is 0 Å².